The molecule has 2 fully saturated rings. The maximum atomic E-state index is 3.66. The molecule has 2 aliphatic rings. The molecular formula is C21H44N2. The van der Waals surface area contributed by atoms with Crippen LogP contribution < -0.4 is 5.32 Å². The first-order chi connectivity index (χ1) is 10.1. The van der Waals surface area contributed by atoms with E-state index in [2.05, 4.69) is 86.5 Å². The van der Waals surface area contributed by atoms with Crippen molar-refractivity contribution in [2.45, 2.75) is 117 Å². The third kappa shape index (κ3) is 6.05. The van der Waals surface area contributed by atoms with E-state index >= 15 is 0 Å². The summed E-state index contributed by atoms with van der Waals surface area (Å²) in [6, 6.07) is 0. The lowest BCUT2D eigenvalue weighted by Crippen LogP contribution is -2.58. The molecule has 0 saturated carbocycles. The molecule has 0 atom stereocenters. The summed E-state index contributed by atoms with van der Waals surface area (Å²) in [5.74, 6) is 1.73. The van der Waals surface area contributed by atoms with Crippen molar-refractivity contribution in [3.63, 3.8) is 0 Å². The van der Waals surface area contributed by atoms with Gasteiger partial charge in [0.05, 0.1) is 0 Å². The van der Waals surface area contributed by atoms with Gasteiger partial charge in [0.15, 0.2) is 0 Å². The second-order valence-electron chi connectivity index (χ2n) is 11.1. The SMILES string of the molecule is CC1CC(C)(C)N(C)C(C)(C)C1.CC1CC(C)(C)NC(C)(C)C1. The standard InChI is InChI=1S/C11H23N.C10H21N/c1-9-7-10(2,3)12(6)11(4,5)8-9;1-8-6-9(2,3)11-10(4,5)7-8/h9H,7-8H2,1-6H3;8,11H,6-7H2,1-5H3. The zero-order valence-corrected chi connectivity index (χ0v) is 17.9. The third-order valence-electron chi connectivity index (χ3n) is 5.91. The van der Waals surface area contributed by atoms with Crippen molar-refractivity contribution >= 4 is 0 Å². The van der Waals surface area contributed by atoms with E-state index < -0.39 is 0 Å². The summed E-state index contributed by atoms with van der Waals surface area (Å²) in [5, 5.41) is 3.66. The minimum absolute atomic E-state index is 0.334. The van der Waals surface area contributed by atoms with Crippen molar-refractivity contribution in [2.75, 3.05) is 7.05 Å². The lowest BCUT2D eigenvalue weighted by molar-refractivity contribution is -0.0255. The van der Waals surface area contributed by atoms with E-state index in [0.717, 1.165) is 11.8 Å². The largest absolute Gasteiger partial charge is 0.307 e. The quantitative estimate of drug-likeness (QED) is 0.635. The molecule has 0 aromatic heterocycles. The Morgan fingerprint density at radius 2 is 0.957 bits per heavy atom. The molecule has 2 saturated heterocycles. The first-order valence-corrected chi connectivity index (χ1v) is 9.60. The highest BCUT2D eigenvalue weighted by Crippen LogP contribution is 2.39. The molecule has 2 nitrogen and oxygen atoms in total. The maximum Gasteiger partial charge on any atom is 0.0158 e. The molecule has 0 aromatic rings. The van der Waals surface area contributed by atoms with E-state index in [9.17, 15) is 0 Å². The van der Waals surface area contributed by atoms with Crippen molar-refractivity contribution in [2.24, 2.45) is 11.8 Å². The second kappa shape index (κ2) is 6.67. The molecule has 2 heteroatoms. The van der Waals surface area contributed by atoms with Crippen LogP contribution in [0.3, 0.4) is 0 Å². The van der Waals surface area contributed by atoms with Crippen LogP contribution >= 0.6 is 0 Å². The molecule has 2 rings (SSSR count). The van der Waals surface area contributed by atoms with E-state index in [0.29, 0.717) is 22.2 Å². The average Bonchev–Trinajstić information content (AvgIpc) is 2.19. The Balaban J connectivity index is 0.000000231. The topological polar surface area (TPSA) is 15.3 Å². The van der Waals surface area contributed by atoms with Crippen LogP contribution in [-0.4, -0.2) is 34.1 Å². The molecular weight excluding hydrogens is 280 g/mol. The van der Waals surface area contributed by atoms with Gasteiger partial charge in [-0.3, -0.25) is 4.90 Å². The highest BCUT2D eigenvalue weighted by atomic mass is 15.2. The van der Waals surface area contributed by atoms with Gasteiger partial charge in [-0.15, -0.1) is 0 Å². The average molecular weight is 325 g/mol. The fourth-order valence-electron chi connectivity index (χ4n) is 5.70. The first kappa shape index (κ1) is 21.0. The Morgan fingerprint density at radius 3 is 1.26 bits per heavy atom. The summed E-state index contributed by atoms with van der Waals surface area (Å²) in [6.07, 6.45) is 5.26. The van der Waals surface area contributed by atoms with Crippen molar-refractivity contribution in [3.8, 4) is 0 Å². The van der Waals surface area contributed by atoms with Crippen molar-refractivity contribution in [1.29, 1.82) is 0 Å². The maximum absolute atomic E-state index is 3.66. The molecule has 0 unspecified atom stereocenters. The van der Waals surface area contributed by atoms with Crippen LogP contribution in [0.5, 0.6) is 0 Å². The van der Waals surface area contributed by atoms with E-state index in [4.69, 9.17) is 0 Å². The van der Waals surface area contributed by atoms with Gasteiger partial charge in [0.1, 0.15) is 0 Å². The molecule has 138 valence electrons. The molecule has 0 spiro atoms. The van der Waals surface area contributed by atoms with Gasteiger partial charge in [-0.05, 0) is 100.0 Å². The molecule has 0 aliphatic carbocycles. The normalized spacial score (nSPS) is 30.4. The highest BCUT2D eigenvalue weighted by molar-refractivity contribution is 4.97. The van der Waals surface area contributed by atoms with E-state index in [1.807, 2.05) is 0 Å². The number of rotatable bonds is 0. The van der Waals surface area contributed by atoms with Gasteiger partial charge in [-0.1, -0.05) is 13.8 Å². The Morgan fingerprint density at radius 1 is 0.652 bits per heavy atom. The van der Waals surface area contributed by atoms with Gasteiger partial charge in [0.2, 0.25) is 0 Å². The van der Waals surface area contributed by atoms with Gasteiger partial charge >= 0.3 is 0 Å². The van der Waals surface area contributed by atoms with Gasteiger partial charge in [0, 0.05) is 22.2 Å². The predicted octanol–water partition coefficient (Wildman–Crippen LogP) is 5.47. The Labute approximate surface area is 146 Å². The van der Waals surface area contributed by atoms with Crippen LogP contribution in [0.2, 0.25) is 0 Å². The molecule has 2 aliphatic heterocycles. The number of hydrogen-bond donors (Lipinski definition) is 1. The first-order valence-electron chi connectivity index (χ1n) is 9.60. The van der Waals surface area contributed by atoms with E-state index in [1.54, 1.807) is 0 Å². The van der Waals surface area contributed by atoms with Crippen LogP contribution in [0.15, 0.2) is 0 Å². The number of nitrogens with one attached hydrogen (secondary N) is 1. The van der Waals surface area contributed by atoms with Crippen molar-refractivity contribution < 1.29 is 0 Å². The van der Waals surface area contributed by atoms with E-state index in [1.165, 1.54) is 25.7 Å². The van der Waals surface area contributed by atoms with Gasteiger partial charge in [-0.2, -0.15) is 0 Å². The minimum atomic E-state index is 0.334. The molecule has 1 N–H and O–H groups in total. The van der Waals surface area contributed by atoms with Crippen molar-refractivity contribution in [1.82, 2.24) is 10.2 Å². The molecule has 2 heterocycles. The zero-order valence-electron chi connectivity index (χ0n) is 17.9. The fourth-order valence-corrected chi connectivity index (χ4v) is 5.70. The molecule has 0 amide bonds. The molecule has 23 heavy (non-hydrogen) atoms. The summed E-state index contributed by atoms with van der Waals surface area (Å²) in [6.45, 7) is 23.3. The van der Waals surface area contributed by atoms with Crippen LogP contribution in [0.25, 0.3) is 0 Å². The summed E-state index contributed by atoms with van der Waals surface area (Å²) < 4.78 is 0. The Hall–Kier alpha value is -0.0800. The highest BCUT2D eigenvalue weighted by Gasteiger charge is 2.41. The van der Waals surface area contributed by atoms with Crippen LogP contribution in [-0.2, 0) is 0 Å². The molecule has 0 aromatic carbocycles. The fraction of sp³-hybridized carbons (Fsp3) is 1.00. The van der Waals surface area contributed by atoms with Gasteiger partial charge < -0.3 is 5.32 Å². The van der Waals surface area contributed by atoms with Crippen LogP contribution in [0.1, 0.15) is 94.9 Å². The number of nitrogens with zero attached hydrogens (tertiary/aromatic N) is 1. The number of likely N-dealkylation sites (tertiary alicyclic amines) is 1. The number of piperidine rings is 2. The van der Waals surface area contributed by atoms with Crippen LogP contribution in [0, 0.1) is 11.8 Å². The molecule has 0 radical (unpaired) electrons. The summed E-state index contributed by atoms with van der Waals surface area (Å²) in [4.78, 5) is 2.53. The van der Waals surface area contributed by atoms with Crippen molar-refractivity contribution in [3.05, 3.63) is 0 Å². The Bertz CT molecular complexity index is 359. The smallest absolute Gasteiger partial charge is 0.0158 e. The summed E-state index contributed by atoms with van der Waals surface area (Å²) in [7, 11) is 2.26. The monoisotopic (exact) mass is 324 g/mol. The predicted molar refractivity (Wildman–Crippen MR) is 104 cm³/mol. The zero-order chi connectivity index (χ0) is 18.3. The lowest BCUT2D eigenvalue weighted by atomic mass is 9.75. The lowest BCUT2D eigenvalue weighted by Gasteiger charge is -2.53. The van der Waals surface area contributed by atoms with Gasteiger partial charge in [0.25, 0.3) is 0 Å². The number of hydrogen-bond acceptors (Lipinski definition) is 2. The van der Waals surface area contributed by atoms with Gasteiger partial charge in [-0.25, -0.2) is 0 Å². The minimum Gasteiger partial charge on any atom is -0.307 e. The summed E-state index contributed by atoms with van der Waals surface area (Å²) >= 11 is 0. The summed E-state index contributed by atoms with van der Waals surface area (Å²) in [5.41, 5.74) is 1.42. The Kier molecular flexibility index (Phi) is 6.08. The molecule has 0 bridgehead atoms. The third-order valence-corrected chi connectivity index (χ3v) is 5.91. The van der Waals surface area contributed by atoms with E-state index in [-0.39, 0.29) is 0 Å². The second-order valence-corrected chi connectivity index (χ2v) is 11.1. The van der Waals surface area contributed by atoms with Crippen LogP contribution in [0.4, 0.5) is 0 Å².